The van der Waals surface area contributed by atoms with Crippen LogP contribution in [0, 0.1) is 0 Å². The molecule has 0 aliphatic carbocycles. The first kappa shape index (κ1) is 13.9. The Bertz CT molecular complexity index is 615. The molecule has 1 aliphatic heterocycles. The lowest BCUT2D eigenvalue weighted by Crippen LogP contribution is -2.32. The molecular formula is C16H16ClN3O. The van der Waals surface area contributed by atoms with Crippen LogP contribution in [0.4, 0.5) is 5.69 Å². The van der Waals surface area contributed by atoms with E-state index < -0.39 is 0 Å². The van der Waals surface area contributed by atoms with Gasteiger partial charge in [0.25, 0.3) is 5.91 Å². The third-order valence-electron chi connectivity index (χ3n) is 3.57. The van der Waals surface area contributed by atoms with E-state index in [1.54, 1.807) is 12.1 Å². The van der Waals surface area contributed by atoms with E-state index in [-0.39, 0.29) is 11.9 Å². The number of nitrogens with zero attached hydrogens (tertiary/aromatic N) is 2. The first-order valence-corrected chi connectivity index (χ1v) is 7.32. The monoisotopic (exact) mass is 301 g/mol. The Hall–Kier alpha value is -2.07. The van der Waals surface area contributed by atoms with E-state index in [4.69, 9.17) is 11.6 Å². The Balaban J connectivity index is 1.61. The van der Waals surface area contributed by atoms with Gasteiger partial charge in [-0.1, -0.05) is 29.8 Å². The molecule has 1 aromatic heterocycles. The highest BCUT2D eigenvalue weighted by atomic mass is 35.5. The number of hydrogen-bond donors (Lipinski definition) is 1. The maximum atomic E-state index is 12.3. The number of nitrogens with one attached hydrogen (secondary N) is 1. The van der Waals surface area contributed by atoms with Crippen LogP contribution in [-0.4, -0.2) is 34.9 Å². The summed E-state index contributed by atoms with van der Waals surface area (Å²) in [4.78, 5) is 18.3. The number of anilines is 1. The van der Waals surface area contributed by atoms with E-state index in [9.17, 15) is 4.79 Å². The number of likely N-dealkylation sites (tertiary alicyclic amines) is 1. The van der Waals surface area contributed by atoms with Crippen LogP contribution in [0.5, 0.6) is 0 Å². The second-order valence-electron chi connectivity index (χ2n) is 5.11. The number of hydrogen-bond acceptors (Lipinski definition) is 3. The average molecular weight is 302 g/mol. The van der Waals surface area contributed by atoms with Crippen molar-refractivity contribution >= 4 is 23.2 Å². The summed E-state index contributed by atoms with van der Waals surface area (Å²) in [5, 5.41) is 3.99. The highest BCUT2D eigenvalue weighted by molar-refractivity contribution is 6.30. The molecule has 1 amide bonds. The summed E-state index contributed by atoms with van der Waals surface area (Å²) in [5.41, 5.74) is 1.53. The molecular weight excluding hydrogens is 286 g/mol. The molecule has 1 unspecified atom stereocenters. The van der Waals surface area contributed by atoms with Gasteiger partial charge in [0.1, 0.15) is 5.69 Å². The minimum Gasteiger partial charge on any atom is -0.380 e. The Morgan fingerprint density at radius 3 is 2.76 bits per heavy atom. The largest absolute Gasteiger partial charge is 0.380 e. The van der Waals surface area contributed by atoms with Gasteiger partial charge < -0.3 is 10.2 Å². The van der Waals surface area contributed by atoms with Crippen LogP contribution in [0.15, 0.2) is 48.7 Å². The standard InChI is InChI=1S/C16H16ClN3O/c17-12-6-7-15(18-10-12)16(21)20-9-8-14(11-20)19-13-4-2-1-3-5-13/h1-7,10,14,19H,8-9,11H2. The van der Waals surface area contributed by atoms with Crippen molar-refractivity contribution in [3.05, 3.63) is 59.4 Å². The highest BCUT2D eigenvalue weighted by Crippen LogP contribution is 2.17. The zero-order valence-electron chi connectivity index (χ0n) is 11.5. The summed E-state index contributed by atoms with van der Waals surface area (Å²) in [6.45, 7) is 1.44. The molecule has 4 nitrogen and oxygen atoms in total. The van der Waals surface area contributed by atoms with Gasteiger partial charge in [0, 0.05) is 31.0 Å². The molecule has 2 heterocycles. The van der Waals surface area contributed by atoms with Gasteiger partial charge in [0.2, 0.25) is 0 Å². The molecule has 3 rings (SSSR count). The second kappa shape index (κ2) is 6.14. The molecule has 0 saturated carbocycles. The first-order chi connectivity index (χ1) is 10.2. The highest BCUT2D eigenvalue weighted by Gasteiger charge is 2.27. The van der Waals surface area contributed by atoms with Crippen molar-refractivity contribution in [1.82, 2.24) is 9.88 Å². The zero-order valence-corrected chi connectivity index (χ0v) is 12.3. The van der Waals surface area contributed by atoms with E-state index in [1.807, 2.05) is 35.2 Å². The lowest BCUT2D eigenvalue weighted by atomic mass is 10.2. The van der Waals surface area contributed by atoms with Crippen LogP contribution in [0.1, 0.15) is 16.9 Å². The van der Waals surface area contributed by atoms with E-state index >= 15 is 0 Å². The van der Waals surface area contributed by atoms with Gasteiger partial charge in [0.15, 0.2) is 0 Å². The van der Waals surface area contributed by atoms with Crippen LogP contribution in [0.25, 0.3) is 0 Å². The Morgan fingerprint density at radius 2 is 2.05 bits per heavy atom. The number of carbonyl (C=O) groups excluding carboxylic acids is 1. The fraction of sp³-hybridized carbons (Fsp3) is 0.250. The lowest BCUT2D eigenvalue weighted by molar-refractivity contribution is 0.0786. The number of aromatic nitrogens is 1. The average Bonchev–Trinajstić information content (AvgIpc) is 2.97. The maximum Gasteiger partial charge on any atom is 0.272 e. The van der Waals surface area contributed by atoms with E-state index in [2.05, 4.69) is 10.3 Å². The molecule has 2 aromatic rings. The third-order valence-corrected chi connectivity index (χ3v) is 3.79. The van der Waals surface area contributed by atoms with Crippen molar-refractivity contribution in [2.75, 3.05) is 18.4 Å². The molecule has 1 saturated heterocycles. The van der Waals surface area contributed by atoms with Crippen LogP contribution in [0.3, 0.4) is 0 Å². The number of amides is 1. The quantitative estimate of drug-likeness (QED) is 0.947. The predicted octanol–water partition coefficient (Wildman–Crippen LogP) is 3.06. The van der Waals surface area contributed by atoms with Crippen molar-refractivity contribution in [1.29, 1.82) is 0 Å². The lowest BCUT2D eigenvalue weighted by Gasteiger charge is -2.17. The molecule has 1 aromatic carbocycles. The van der Waals surface area contributed by atoms with Crippen LogP contribution in [-0.2, 0) is 0 Å². The summed E-state index contributed by atoms with van der Waals surface area (Å²) < 4.78 is 0. The number of rotatable bonds is 3. The minimum atomic E-state index is -0.0379. The molecule has 1 N–H and O–H groups in total. The zero-order chi connectivity index (χ0) is 14.7. The summed E-state index contributed by atoms with van der Waals surface area (Å²) in [7, 11) is 0. The summed E-state index contributed by atoms with van der Waals surface area (Å²) in [5.74, 6) is -0.0379. The smallest absolute Gasteiger partial charge is 0.272 e. The molecule has 1 atom stereocenters. The molecule has 21 heavy (non-hydrogen) atoms. The summed E-state index contributed by atoms with van der Waals surface area (Å²) in [6.07, 6.45) is 2.44. The summed E-state index contributed by atoms with van der Waals surface area (Å²) >= 11 is 5.79. The van der Waals surface area contributed by atoms with Gasteiger partial charge in [-0.25, -0.2) is 4.98 Å². The number of para-hydroxylation sites is 1. The fourth-order valence-corrected chi connectivity index (χ4v) is 2.61. The van der Waals surface area contributed by atoms with E-state index in [0.29, 0.717) is 17.3 Å². The second-order valence-corrected chi connectivity index (χ2v) is 5.55. The van der Waals surface area contributed by atoms with Crippen molar-refractivity contribution in [2.45, 2.75) is 12.5 Å². The minimum absolute atomic E-state index is 0.0379. The Labute approximate surface area is 128 Å². The van der Waals surface area contributed by atoms with Crippen LogP contribution in [0.2, 0.25) is 5.02 Å². The van der Waals surface area contributed by atoms with Crippen LogP contribution < -0.4 is 5.32 Å². The SMILES string of the molecule is O=C(c1ccc(Cl)cn1)N1CCC(Nc2ccccc2)C1. The van der Waals surface area contributed by atoms with Crippen molar-refractivity contribution in [2.24, 2.45) is 0 Å². The fourth-order valence-electron chi connectivity index (χ4n) is 2.50. The van der Waals surface area contributed by atoms with Gasteiger partial charge in [-0.05, 0) is 30.7 Å². The molecule has 5 heteroatoms. The topological polar surface area (TPSA) is 45.2 Å². The third kappa shape index (κ3) is 3.34. The number of benzene rings is 1. The van der Waals surface area contributed by atoms with Crippen molar-refractivity contribution in [3.8, 4) is 0 Å². The Morgan fingerprint density at radius 1 is 1.24 bits per heavy atom. The predicted molar refractivity (Wildman–Crippen MR) is 83.6 cm³/mol. The number of pyridine rings is 1. The van der Waals surface area contributed by atoms with Gasteiger partial charge >= 0.3 is 0 Å². The number of halogens is 1. The van der Waals surface area contributed by atoms with E-state index in [1.165, 1.54) is 6.20 Å². The van der Waals surface area contributed by atoms with Gasteiger partial charge in [-0.15, -0.1) is 0 Å². The first-order valence-electron chi connectivity index (χ1n) is 6.95. The molecule has 108 valence electrons. The Kier molecular flexibility index (Phi) is 4.06. The summed E-state index contributed by atoms with van der Waals surface area (Å²) in [6, 6.07) is 13.7. The van der Waals surface area contributed by atoms with Gasteiger partial charge in [-0.3, -0.25) is 4.79 Å². The number of carbonyl (C=O) groups is 1. The molecule has 1 fully saturated rings. The molecule has 0 radical (unpaired) electrons. The maximum absolute atomic E-state index is 12.3. The van der Waals surface area contributed by atoms with Gasteiger partial charge in [-0.2, -0.15) is 0 Å². The van der Waals surface area contributed by atoms with Crippen LogP contribution >= 0.6 is 11.6 Å². The van der Waals surface area contributed by atoms with Gasteiger partial charge in [0.05, 0.1) is 5.02 Å². The van der Waals surface area contributed by atoms with Crippen molar-refractivity contribution < 1.29 is 4.79 Å². The molecule has 1 aliphatic rings. The molecule has 0 spiro atoms. The van der Waals surface area contributed by atoms with Crippen molar-refractivity contribution in [3.63, 3.8) is 0 Å². The van der Waals surface area contributed by atoms with E-state index in [0.717, 1.165) is 18.7 Å². The normalized spacial score (nSPS) is 17.8. The molecule has 0 bridgehead atoms.